The molecule has 0 spiro atoms. The Labute approximate surface area is 74.1 Å². The summed E-state index contributed by atoms with van der Waals surface area (Å²) < 4.78 is 0. The van der Waals surface area contributed by atoms with Gasteiger partial charge in [0.15, 0.2) is 17.4 Å². The first-order valence-electron chi connectivity index (χ1n) is 0.548. The van der Waals surface area contributed by atoms with Crippen molar-refractivity contribution in [2.45, 2.75) is 0 Å². The van der Waals surface area contributed by atoms with Crippen molar-refractivity contribution in [2.24, 2.45) is 0 Å². The van der Waals surface area contributed by atoms with Gasteiger partial charge in [-0.25, -0.2) is 0 Å². The van der Waals surface area contributed by atoms with Crippen molar-refractivity contribution < 1.29 is 41.6 Å². The first-order valence-corrected chi connectivity index (χ1v) is 0.548. The van der Waals surface area contributed by atoms with E-state index in [1.54, 1.807) is 0 Å². The molecule has 0 saturated heterocycles. The van der Waals surface area contributed by atoms with Gasteiger partial charge in [-0.15, -0.1) is 0 Å². The van der Waals surface area contributed by atoms with Crippen molar-refractivity contribution in [2.75, 3.05) is 0 Å². The molecular formula is H3AlCuNO3Zn-. The summed E-state index contributed by atoms with van der Waals surface area (Å²) in [5, 5.41) is 14.8. The fraction of sp³-hybridized carbons (Fsp3) is 0. The summed E-state index contributed by atoms with van der Waals surface area (Å²) in [6.07, 6.45) is 0. The Kier molecular flexibility index (Phi) is 56.0. The van der Waals surface area contributed by atoms with E-state index < -0.39 is 5.09 Å². The van der Waals surface area contributed by atoms with Crippen LogP contribution in [0.2, 0.25) is 0 Å². The van der Waals surface area contributed by atoms with E-state index in [1.165, 1.54) is 0 Å². The molecule has 1 radical (unpaired) electrons. The second kappa shape index (κ2) is 15.8. The minimum atomic E-state index is -1.75. The average molecular weight is 221 g/mol. The van der Waals surface area contributed by atoms with Gasteiger partial charge in [-0.3, -0.25) is 0 Å². The molecule has 7 heteroatoms. The van der Waals surface area contributed by atoms with Gasteiger partial charge in [0.25, 0.3) is 0 Å². The SMILES string of the molecule is O=[N+]([O-])[O-].[AlH3].[Cu].[Zn]. The Morgan fingerprint density at radius 2 is 1.29 bits per heavy atom. The van der Waals surface area contributed by atoms with E-state index in [-0.39, 0.29) is 53.9 Å². The third kappa shape index (κ3) is 213. The van der Waals surface area contributed by atoms with Gasteiger partial charge in [0.05, 0.1) is 5.09 Å². The fourth-order valence-corrected chi connectivity index (χ4v) is 0. The molecule has 0 aromatic heterocycles. The summed E-state index contributed by atoms with van der Waals surface area (Å²) in [7, 11) is 0. The van der Waals surface area contributed by atoms with Gasteiger partial charge < -0.3 is 15.3 Å². The van der Waals surface area contributed by atoms with Gasteiger partial charge in [0, 0.05) is 36.5 Å². The first kappa shape index (κ1) is 24.8. The predicted molar refractivity (Wildman–Crippen MR) is 20.3 cm³/mol. The summed E-state index contributed by atoms with van der Waals surface area (Å²) in [4.78, 5) is 8.25. The van der Waals surface area contributed by atoms with E-state index >= 15 is 0 Å². The van der Waals surface area contributed by atoms with Crippen LogP contribution in [-0.2, 0) is 36.5 Å². The van der Waals surface area contributed by atoms with E-state index in [0.717, 1.165) is 0 Å². The molecule has 0 atom stereocenters. The van der Waals surface area contributed by atoms with Gasteiger partial charge in [-0.05, 0) is 0 Å². The molecule has 0 unspecified atom stereocenters. The Hall–Kier alpha value is 0.875. The smallest absolute Gasteiger partial charge is 0.187 e. The van der Waals surface area contributed by atoms with Gasteiger partial charge >= 0.3 is 0 Å². The summed E-state index contributed by atoms with van der Waals surface area (Å²) >= 11 is 0. The molecule has 0 aliphatic carbocycles. The van der Waals surface area contributed by atoms with E-state index in [4.69, 9.17) is 15.3 Å². The molecule has 0 bridgehead atoms. The maximum atomic E-state index is 8.25. The normalized spacial score (nSPS) is 3.43. The Morgan fingerprint density at radius 3 is 1.29 bits per heavy atom. The number of hydrogen-bond acceptors (Lipinski definition) is 3. The van der Waals surface area contributed by atoms with Crippen LogP contribution < -0.4 is 0 Å². The van der Waals surface area contributed by atoms with Crippen LogP contribution in [0.5, 0.6) is 0 Å². The quantitative estimate of drug-likeness (QED) is 0.286. The second-order valence-electron chi connectivity index (χ2n) is 0.224. The van der Waals surface area contributed by atoms with Crippen molar-refractivity contribution in [3.05, 3.63) is 15.3 Å². The van der Waals surface area contributed by atoms with Gasteiger partial charge in [-0.2, -0.15) is 0 Å². The fourth-order valence-electron chi connectivity index (χ4n) is 0. The van der Waals surface area contributed by atoms with Crippen LogP contribution in [0.15, 0.2) is 0 Å². The molecule has 0 aliphatic heterocycles. The molecule has 7 heavy (non-hydrogen) atoms. The molecule has 0 N–H and O–H groups in total. The largest absolute Gasteiger partial charge is 0.356 e. The average Bonchev–Trinajstić information content (AvgIpc) is 0.811. The summed E-state index contributed by atoms with van der Waals surface area (Å²) in [5.74, 6) is 0. The van der Waals surface area contributed by atoms with Gasteiger partial charge in [0.1, 0.15) is 0 Å². The zero-order chi connectivity index (χ0) is 3.58. The predicted octanol–water partition coefficient (Wildman–Crippen LogP) is -1.43. The summed E-state index contributed by atoms with van der Waals surface area (Å²) in [6.45, 7) is 0. The molecule has 0 fully saturated rings. The van der Waals surface area contributed by atoms with Crippen LogP contribution in [0.1, 0.15) is 0 Å². The van der Waals surface area contributed by atoms with Crippen LogP contribution in [0, 0.1) is 15.3 Å². The van der Waals surface area contributed by atoms with E-state index in [9.17, 15) is 0 Å². The number of nitrogens with zero attached hydrogens (tertiary/aromatic N) is 1. The van der Waals surface area contributed by atoms with Crippen molar-refractivity contribution in [1.29, 1.82) is 0 Å². The van der Waals surface area contributed by atoms with Crippen LogP contribution in [-0.4, -0.2) is 22.4 Å². The molecular weight excluding hydrogens is 218 g/mol. The maximum absolute atomic E-state index is 8.25. The molecule has 0 aromatic rings. The van der Waals surface area contributed by atoms with Crippen LogP contribution in [0.25, 0.3) is 0 Å². The minimum Gasteiger partial charge on any atom is -0.356 e. The van der Waals surface area contributed by atoms with Crippen molar-refractivity contribution >= 4 is 17.4 Å². The zero-order valence-corrected chi connectivity index (χ0v) is 6.59. The monoisotopic (exact) mass is 219 g/mol. The Bertz CT molecular complexity index is 37.9. The van der Waals surface area contributed by atoms with E-state index in [1.807, 2.05) is 0 Å². The minimum absolute atomic E-state index is 0. The standard InChI is InChI=1S/Al.Cu.NO3.Zn.3H/c;;2-1(3)4;;;;/q;;-1;;;;. The van der Waals surface area contributed by atoms with Crippen molar-refractivity contribution in [1.82, 2.24) is 0 Å². The summed E-state index contributed by atoms with van der Waals surface area (Å²) in [6, 6.07) is 0. The maximum Gasteiger partial charge on any atom is 0.187 e. The van der Waals surface area contributed by atoms with Gasteiger partial charge in [0.2, 0.25) is 0 Å². The van der Waals surface area contributed by atoms with E-state index in [2.05, 4.69) is 0 Å². The van der Waals surface area contributed by atoms with Crippen molar-refractivity contribution in [3.8, 4) is 0 Å². The topological polar surface area (TPSA) is 66.2 Å². The van der Waals surface area contributed by atoms with Crippen LogP contribution in [0.3, 0.4) is 0 Å². The summed E-state index contributed by atoms with van der Waals surface area (Å²) in [5.41, 5.74) is 0. The van der Waals surface area contributed by atoms with Crippen molar-refractivity contribution in [3.63, 3.8) is 0 Å². The van der Waals surface area contributed by atoms with E-state index in [0.29, 0.717) is 0 Å². The molecule has 0 amide bonds. The number of hydrogen-bond donors (Lipinski definition) is 0. The zero-order valence-electron chi connectivity index (χ0n) is 2.68. The molecule has 0 aromatic carbocycles. The molecule has 0 rings (SSSR count). The molecule has 0 heterocycles. The third-order valence-corrected chi connectivity index (χ3v) is 0. The number of rotatable bonds is 0. The van der Waals surface area contributed by atoms with Crippen LogP contribution >= 0.6 is 0 Å². The molecule has 4 nitrogen and oxygen atoms in total. The molecule has 0 aliphatic rings. The van der Waals surface area contributed by atoms with Gasteiger partial charge in [-0.1, -0.05) is 0 Å². The molecule has 0 saturated carbocycles. The third-order valence-electron chi connectivity index (χ3n) is 0. The Balaban J connectivity index is -0.0000000150. The second-order valence-corrected chi connectivity index (χ2v) is 0.224. The Morgan fingerprint density at radius 1 is 1.29 bits per heavy atom. The van der Waals surface area contributed by atoms with Crippen LogP contribution in [0.4, 0.5) is 0 Å². The first-order chi connectivity index (χ1) is 1.73. The molecule has 43 valence electrons.